The minimum atomic E-state index is -0.674. The van der Waals surface area contributed by atoms with Crippen LogP contribution in [0.15, 0.2) is 48.6 Å². The molecule has 0 radical (unpaired) electrons. The summed E-state index contributed by atoms with van der Waals surface area (Å²) in [6.07, 6.45) is 3.01. The molecule has 1 aliphatic rings. The highest BCUT2D eigenvalue weighted by Crippen LogP contribution is 2.27. The van der Waals surface area contributed by atoms with Gasteiger partial charge in [0.2, 0.25) is 0 Å². The Morgan fingerprint density at radius 1 is 1.50 bits per heavy atom. The molecule has 0 saturated carbocycles. The Labute approximate surface area is 128 Å². The lowest BCUT2D eigenvalue weighted by Gasteiger charge is -2.16. The third kappa shape index (κ3) is 3.79. The van der Waals surface area contributed by atoms with E-state index < -0.39 is 5.97 Å². The van der Waals surface area contributed by atoms with Crippen molar-refractivity contribution in [2.75, 3.05) is 13.2 Å². The first-order valence-electron chi connectivity index (χ1n) is 6.79. The third-order valence-corrected chi connectivity index (χ3v) is 3.31. The van der Waals surface area contributed by atoms with E-state index in [1.807, 2.05) is 6.07 Å². The van der Waals surface area contributed by atoms with E-state index >= 15 is 0 Å². The number of carbonyl (C=O) groups is 1. The number of benzene rings is 1. The fourth-order valence-corrected chi connectivity index (χ4v) is 2.24. The topological polar surface area (TPSA) is 74.2 Å². The Hall–Kier alpha value is -2.49. The van der Waals surface area contributed by atoms with Gasteiger partial charge < -0.3 is 4.74 Å². The quantitative estimate of drug-likeness (QED) is 0.375. The van der Waals surface area contributed by atoms with Crippen molar-refractivity contribution in [2.24, 2.45) is 5.92 Å². The van der Waals surface area contributed by atoms with Gasteiger partial charge in [-0.3, -0.25) is 5.43 Å². The molecule has 0 bridgehead atoms. The second kappa shape index (κ2) is 7.50. The lowest BCUT2D eigenvalue weighted by Crippen LogP contribution is -2.24. The molecule has 2 unspecified atom stereocenters. The second-order valence-electron chi connectivity index (χ2n) is 4.80. The number of ether oxygens (including phenoxy) is 1. The summed E-state index contributed by atoms with van der Waals surface area (Å²) < 4.78 is 17.9. The molecule has 2 N–H and O–H groups in total. The fourth-order valence-electron chi connectivity index (χ4n) is 2.24. The molecule has 5 nitrogen and oxygen atoms in total. The molecule has 1 fully saturated rings. The monoisotopic (exact) mass is 301 g/mol. The van der Waals surface area contributed by atoms with Crippen molar-refractivity contribution in [3.63, 3.8) is 0 Å². The van der Waals surface area contributed by atoms with Crippen LogP contribution < -0.4 is 10.9 Å². The molecular formula is C16H16FN3O2. The minimum Gasteiger partial charge on any atom is -0.457 e. The zero-order valence-electron chi connectivity index (χ0n) is 11.9. The lowest BCUT2D eigenvalue weighted by atomic mass is 9.93. The van der Waals surface area contributed by atoms with Crippen LogP contribution in [0.1, 0.15) is 11.6 Å². The van der Waals surface area contributed by atoms with Gasteiger partial charge in [-0.05, 0) is 17.7 Å². The Balaban J connectivity index is 2.17. The molecule has 1 aromatic rings. The molecule has 6 heteroatoms. The van der Waals surface area contributed by atoms with E-state index in [1.165, 1.54) is 18.2 Å². The molecule has 22 heavy (non-hydrogen) atoms. The van der Waals surface area contributed by atoms with Crippen LogP contribution in [0.5, 0.6) is 0 Å². The summed E-state index contributed by atoms with van der Waals surface area (Å²) >= 11 is 0. The maximum atomic E-state index is 13.0. The maximum absolute atomic E-state index is 13.0. The van der Waals surface area contributed by atoms with E-state index in [9.17, 15) is 9.18 Å². The molecule has 1 heterocycles. The zero-order chi connectivity index (χ0) is 15.9. The average Bonchev–Trinajstić information content (AvgIpc) is 2.99. The molecule has 114 valence electrons. The van der Waals surface area contributed by atoms with Gasteiger partial charge in [0.1, 0.15) is 24.1 Å². The third-order valence-electron chi connectivity index (χ3n) is 3.31. The molecule has 1 aromatic carbocycles. The number of hydrogen-bond donors (Lipinski definition) is 2. The number of esters is 1. The van der Waals surface area contributed by atoms with Gasteiger partial charge in [0.25, 0.3) is 0 Å². The van der Waals surface area contributed by atoms with Crippen molar-refractivity contribution in [1.82, 2.24) is 10.9 Å². The SMILES string of the molecule is C=CCOC(=O)/C(C#N)=C\C1CNNC1c1ccc(F)cc1. The largest absolute Gasteiger partial charge is 0.457 e. The van der Waals surface area contributed by atoms with Crippen molar-refractivity contribution >= 4 is 5.97 Å². The van der Waals surface area contributed by atoms with Crippen LogP contribution in [0, 0.1) is 23.1 Å². The average molecular weight is 301 g/mol. The van der Waals surface area contributed by atoms with Crippen LogP contribution in [-0.2, 0) is 9.53 Å². The first-order chi connectivity index (χ1) is 10.7. The molecule has 0 aliphatic carbocycles. The van der Waals surface area contributed by atoms with E-state index in [-0.39, 0.29) is 30.0 Å². The lowest BCUT2D eigenvalue weighted by molar-refractivity contribution is -0.137. The van der Waals surface area contributed by atoms with E-state index in [0.717, 1.165) is 5.56 Å². The normalized spacial score (nSPS) is 21.2. The number of halogens is 1. The highest BCUT2D eigenvalue weighted by atomic mass is 19.1. The predicted molar refractivity (Wildman–Crippen MR) is 78.6 cm³/mol. The molecular weight excluding hydrogens is 285 g/mol. The van der Waals surface area contributed by atoms with Gasteiger partial charge in [-0.2, -0.15) is 5.26 Å². The zero-order valence-corrected chi connectivity index (χ0v) is 11.9. The smallest absolute Gasteiger partial charge is 0.348 e. The number of carbonyl (C=O) groups excluding carboxylic acids is 1. The molecule has 2 rings (SSSR count). The van der Waals surface area contributed by atoms with Crippen molar-refractivity contribution in [2.45, 2.75) is 6.04 Å². The molecule has 0 spiro atoms. The minimum absolute atomic E-state index is 0.0514. The molecule has 0 amide bonds. The van der Waals surface area contributed by atoms with Crippen molar-refractivity contribution < 1.29 is 13.9 Å². The Bertz CT molecular complexity index is 619. The van der Waals surface area contributed by atoms with Crippen LogP contribution in [0.25, 0.3) is 0 Å². The van der Waals surface area contributed by atoms with E-state index in [0.29, 0.717) is 6.54 Å². The van der Waals surface area contributed by atoms with Gasteiger partial charge in [0, 0.05) is 12.5 Å². The summed E-state index contributed by atoms with van der Waals surface area (Å²) in [4.78, 5) is 11.8. The molecule has 1 aliphatic heterocycles. The number of hydrazine groups is 1. The molecule has 2 atom stereocenters. The van der Waals surface area contributed by atoms with Gasteiger partial charge in [-0.25, -0.2) is 14.6 Å². The summed E-state index contributed by atoms with van der Waals surface area (Å²) in [5, 5.41) is 9.11. The van der Waals surface area contributed by atoms with Crippen molar-refractivity contribution in [3.8, 4) is 6.07 Å². The Kier molecular flexibility index (Phi) is 5.42. The van der Waals surface area contributed by atoms with E-state index in [1.54, 1.807) is 18.2 Å². The summed E-state index contributed by atoms with van der Waals surface area (Å²) in [5.41, 5.74) is 6.85. The van der Waals surface area contributed by atoms with Crippen LogP contribution in [0.3, 0.4) is 0 Å². The van der Waals surface area contributed by atoms with E-state index in [4.69, 9.17) is 10.00 Å². The highest BCUT2D eigenvalue weighted by molar-refractivity contribution is 5.92. The highest BCUT2D eigenvalue weighted by Gasteiger charge is 2.28. The first kappa shape index (κ1) is 15.9. The predicted octanol–water partition coefficient (Wildman–Crippen LogP) is 1.77. The number of nitriles is 1. The number of nitrogens with one attached hydrogen (secondary N) is 2. The van der Waals surface area contributed by atoms with E-state index in [2.05, 4.69) is 17.4 Å². The van der Waals surface area contributed by atoms with Gasteiger partial charge in [-0.1, -0.05) is 30.9 Å². The van der Waals surface area contributed by atoms with Gasteiger partial charge in [0.05, 0.1) is 6.04 Å². The molecule has 0 aromatic heterocycles. The van der Waals surface area contributed by atoms with Crippen LogP contribution >= 0.6 is 0 Å². The fraction of sp³-hybridized carbons (Fsp3) is 0.250. The standard InChI is InChI=1S/C16H16FN3O2/c1-2-7-22-16(21)12(9-18)8-13-10-19-20-15(13)11-3-5-14(17)6-4-11/h2-6,8,13,15,19-20H,1,7,10H2/b12-8-. The van der Waals surface area contributed by atoms with Crippen LogP contribution in [0.4, 0.5) is 4.39 Å². The molecule has 1 saturated heterocycles. The first-order valence-corrected chi connectivity index (χ1v) is 6.79. The summed E-state index contributed by atoms with van der Waals surface area (Å²) in [6, 6.07) is 7.79. The summed E-state index contributed by atoms with van der Waals surface area (Å²) in [7, 11) is 0. The number of rotatable bonds is 5. The summed E-state index contributed by atoms with van der Waals surface area (Å²) in [6.45, 7) is 4.05. The van der Waals surface area contributed by atoms with Gasteiger partial charge >= 0.3 is 5.97 Å². The van der Waals surface area contributed by atoms with Crippen LogP contribution in [-0.4, -0.2) is 19.1 Å². The van der Waals surface area contributed by atoms with Crippen LogP contribution in [0.2, 0.25) is 0 Å². The van der Waals surface area contributed by atoms with Gasteiger partial charge in [-0.15, -0.1) is 0 Å². The number of nitrogens with zero attached hydrogens (tertiary/aromatic N) is 1. The van der Waals surface area contributed by atoms with Gasteiger partial charge in [0.15, 0.2) is 0 Å². The van der Waals surface area contributed by atoms with Crippen molar-refractivity contribution in [3.05, 3.63) is 60.0 Å². The Morgan fingerprint density at radius 3 is 2.86 bits per heavy atom. The van der Waals surface area contributed by atoms with Crippen molar-refractivity contribution in [1.29, 1.82) is 5.26 Å². The number of hydrogen-bond acceptors (Lipinski definition) is 5. The Morgan fingerprint density at radius 2 is 2.23 bits per heavy atom. The summed E-state index contributed by atoms with van der Waals surface area (Å²) in [5.74, 6) is -1.11. The second-order valence-corrected chi connectivity index (χ2v) is 4.80. The maximum Gasteiger partial charge on any atom is 0.348 e.